The predicted molar refractivity (Wildman–Crippen MR) is 52.1 cm³/mol. The Kier molecular flexibility index (Phi) is 2.00. The maximum absolute atomic E-state index is 13.4. The molecule has 72 valence electrons. The number of aromatic hydroxyl groups is 1. The van der Waals surface area contributed by atoms with Crippen molar-refractivity contribution in [1.82, 2.24) is 0 Å². The quantitative estimate of drug-likeness (QED) is 0.752. The number of hydrogen-bond donors (Lipinski definition) is 1. The molecular weight excluding hydrogens is 183 g/mol. The zero-order valence-corrected chi connectivity index (χ0v) is 7.62. The summed E-state index contributed by atoms with van der Waals surface area (Å²) in [4.78, 5) is 0. The third kappa shape index (κ3) is 1.37. The summed E-state index contributed by atoms with van der Waals surface area (Å²) in [7, 11) is 1.48. The molecule has 0 aliphatic rings. The predicted octanol–water partition coefficient (Wildman–Crippen LogP) is 2.69. The number of rotatable bonds is 1. The standard InChI is InChI=1S/C11H9FO2/c1-14-9-5-7-4-8(13)2-3-10(7)11(12)6-9/h2-6,13H,1H3. The summed E-state index contributed by atoms with van der Waals surface area (Å²) < 4.78 is 18.3. The third-order valence-electron chi connectivity index (χ3n) is 2.09. The molecule has 0 radical (unpaired) electrons. The third-order valence-corrected chi connectivity index (χ3v) is 2.09. The summed E-state index contributed by atoms with van der Waals surface area (Å²) in [5, 5.41) is 10.3. The molecule has 2 aromatic rings. The highest BCUT2D eigenvalue weighted by Crippen LogP contribution is 2.26. The lowest BCUT2D eigenvalue weighted by Crippen LogP contribution is -1.86. The Morgan fingerprint density at radius 2 is 2.00 bits per heavy atom. The van der Waals surface area contributed by atoms with Gasteiger partial charge in [0.2, 0.25) is 0 Å². The fourth-order valence-corrected chi connectivity index (χ4v) is 1.40. The Morgan fingerprint density at radius 1 is 1.21 bits per heavy atom. The van der Waals surface area contributed by atoms with E-state index in [4.69, 9.17) is 4.74 Å². The second-order valence-corrected chi connectivity index (χ2v) is 3.01. The van der Waals surface area contributed by atoms with E-state index in [1.807, 2.05) is 0 Å². The van der Waals surface area contributed by atoms with Gasteiger partial charge in [0.05, 0.1) is 7.11 Å². The number of hydrogen-bond acceptors (Lipinski definition) is 2. The minimum absolute atomic E-state index is 0.116. The van der Waals surface area contributed by atoms with Gasteiger partial charge in [0.15, 0.2) is 0 Å². The molecule has 0 fully saturated rings. The van der Waals surface area contributed by atoms with E-state index in [1.165, 1.54) is 25.3 Å². The van der Waals surface area contributed by atoms with Gasteiger partial charge in [0.25, 0.3) is 0 Å². The van der Waals surface area contributed by atoms with Crippen LogP contribution in [-0.4, -0.2) is 12.2 Å². The minimum Gasteiger partial charge on any atom is -0.508 e. The van der Waals surface area contributed by atoms with Gasteiger partial charge < -0.3 is 9.84 Å². The van der Waals surface area contributed by atoms with Crippen molar-refractivity contribution >= 4 is 10.8 Å². The maximum atomic E-state index is 13.4. The van der Waals surface area contributed by atoms with Gasteiger partial charge >= 0.3 is 0 Å². The SMILES string of the molecule is COc1cc(F)c2ccc(O)cc2c1. The molecule has 14 heavy (non-hydrogen) atoms. The molecule has 0 atom stereocenters. The highest BCUT2D eigenvalue weighted by Gasteiger charge is 2.04. The molecule has 0 heterocycles. The van der Waals surface area contributed by atoms with E-state index in [9.17, 15) is 9.50 Å². The number of methoxy groups -OCH3 is 1. The van der Waals surface area contributed by atoms with Crippen molar-refractivity contribution in [2.45, 2.75) is 0 Å². The van der Waals surface area contributed by atoms with Crippen LogP contribution in [0.5, 0.6) is 11.5 Å². The Morgan fingerprint density at radius 3 is 2.71 bits per heavy atom. The lowest BCUT2D eigenvalue weighted by Gasteiger charge is -2.04. The lowest BCUT2D eigenvalue weighted by atomic mass is 10.1. The van der Waals surface area contributed by atoms with Crippen LogP contribution >= 0.6 is 0 Å². The van der Waals surface area contributed by atoms with Gasteiger partial charge in [-0.25, -0.2) is 4.39 Å². The maximum Gasteiger partial charge on any atom is 0.134 e. The van der Waals surface area contributed by atoms with Crippen LogP contribution in [0.15, 0.2) is 30.3 Å². The van der Waals surface area contributed by atoms with Crippen LogP contribution in [-0.2, 0) is 0 Å². The molecule has 0 aliphatic carbocycles. The summed E-state index contributed by atoms with van der Waals surface area (Å²) in [6, 6.07) is 7.50. The molecule has 0 saturated heterocycles. The normalized spacial score (nSPS) is 10.4. The van der Waals surface area contributed by atoms with E-state index in [0.29, 0.717) is 16.5 Å². The number of halogens is 1. The summed E-state index contributed by atoms with van der Waals surface area (Å²) in [5.74, 6) is 0.213. The molecule has 3 heteroatoms. The van der Waals surface area contributed by atoms with Crippen molar-refractivity contribution in [2.75, 3.05) is 7.11 Å². The van der Waals surface area contributed by atoms with Gasteiger partial charge in [-0.15, -0.1) is 0 Å². The van der Waals surface area contributed by atoms with E-state index in [-0.39, 0.29) is 11.6 Å². The Balaban J connectivity index is 2.77. The number of benzene rings is 2. The minimum atomic E-state index is -0.348. The molecule has 0 unspecified atom stereocenters. The topological polar surface area (TPSA) is 29.5 Å². The number of phenolic OH excluding ortho intramolecular Hbond substituents is 1. The Bertz CT molecular complexity index is 480. The molecule has 0 amide bonds. The number of phenols is 1. The van der Waals surface area contributed by atoms with Gasteiger partial charge in [-0.05, 0) is 29.7 Å². The second kappa shape index (κ2) is 3.18. The Hall–Kier alpha value is -1.77. The van der Waals surface area contributed by atoms with E-state index in [1.54, 1.807) is 12.1 Å². The van der Waals surface area contributed by atoms with Gasteiger partial charge in [-0.2, -0.15) is 0 Å². The first-order chi connectivity index (χ1) is 6.70. The fourth-order valence-electron chi connectivity index (χ4n) is 1.40. The van der Waals surface area contributed by atoms with Gasteiger partial charge in [0, 0.05) is 11.5 Å². The van der Waals surface area contributed by atoms with Gasteiger partial charge in [0.1, 0.15) is 17.3 Å². The van der Waals surface area contributed by atoms with E-state index in [0.717, 1.165) is 0 Å². The van der Waals surface area contributed by atoms with Crippen LogP contribution in [0.25, 0.3) is 10.8 Å². The van der Waals surface area contributed by atoms with Crippen LogP contribution in [0, 0.1) is 5.82 Å². The average Bonchev–Trinajstić information content (AvgIpc) is 2.16. The molecule has 2 nitrogen and oxygen atoms in total. The molecule has 0 aromatic heterocycles. The van der Waals surface area contributed by atoms with Crippen molar-refractivity contribution < 1.29 is 14.2 Å². The van der Waals surface area contributed by atoms with E-state index >= 15 is 0 Å². The molecule has 0 aliphatic heterocycles. The van der Waals surface area contributed by atoms with E-state index < -0.39 is 0 Å². The molecular formula is C11H9FO2. The first kappa shape index (κ1) is 8.81. The van der Waals surface area contributed by atoms with Crippen molar-refractivity contribution in [3.8, 4) is 11.5 Å². The zero-order chi connectivity index (χ0) is 10.1. The number of fused-ring (bicyclic) bond motifs is 1. The van der Waals surface area contributed by atoms with Gasteiger partial charge in [-0.3, -0.25) is 0 Å². The van der Waals surface area contributed by atoms with Crippen LogP contribution < -0.4 is 4.74 Å². The van der Waals surface area contributed by atoms with Crippen LogP contribution in [0.1, 0.15) is 0 Å². The van der Waals surface area contributed by atoms with Crippen molar-refractivity contribution in [3.05, 3.63) is 36.1 Å². The largest absolute Gasteiger partial charge is 0.508 e. The van der Waals surface area contributed by atoms with Gasteiger partial charge in [-0.1, -0.05) is 0 Å². The molecule has 0 spiro atoms. The summed E-state index contributed by atoms with van der Waals surface area (Å²) >= 11 is 0. The highest BCUT2D eigenvalue weighted by atomic mass is 19.1. The molecule has 2 rings (SSSR count). The van der Waals surface area contributed by atoms with Crippen molar-refractivity contribution in [2.24, 2.45) is 0 Å². The summed E-state index contributed by atoms with van der Waals surface area (Å²) in [6.07, 6.45) is 0. The van der Waals surface area contributed by atoms with Crippen molar-refractivity contribution in [1.29, 1.82) is 0 Å². The first-order valence-electron chi connectivity index (χ1n) is 4.17. The highest BCUT2D eigenvalue weighted by molar-refractivity contribution is 5.85. The molecule has 0 saturated carbocycles. The van der Waals surface area contributed by atoms with Crippen molar-refractivity contribution in [3.63, 3.8) is 0 Å². The Labute approximate surface area is 80.6 Å². The van der Waals surface area contributed by atoms with Crippen LogP contribution in [0.2, 0.25) is 0 Å². The second-order valence-electron chi connectivity index (χ2n) is 3.01. The number of ether oxygens (including phenoxy) is 1. The van der Waals surface area contributed by atoms with Crippen LogP contribution in [0.4, 0.5) is 4.39 Å². The molecule has 0 bridgehead atoms. The van der Waals surface area contributed by atoms with Crippen LogP contribution in [0.3, 0.4) is 0 Å². The monoisotopic (exact) mass is 192 g/mol. The zero-order valence-electron chi connectivity index (χ0n) is 7.62. The first-order valence-corrected chi connectivity index (χ1v) is 4.17. The summed E-state index contributed by atoms with van der Waals surface area (Å²) in [5.41, 5.74) is 0. The molecule has 1 N–H and O–H groups in total. The molecule has 2 aromatic carbocycles. The smallest absolute Gasteiger partial charge is 0.134 e. The average molecular weight is 192 g/mol. The van der Waals surface area contributed by atoms with E-state index in [2.05, 4.69) is 0 Å². The fraction of sp³-hybridized carbons (Fsp3) is 0.0909. The summed E-state index contributed by atoms with van der Waals surface area (Å²) in [6.45, 7) is 0. The lowest BCUT2D eigenvalue weighted by molar-refractivity contribution is 0.412.